The van der Waals surface area contributed by atoms with Crippen molar-refractivity contribution in [3.8, 4) is 0 Å². The zero-order valence-electron chi connectivity index (χ0n) is 10.2. The van der Waals surface area contributed by atoms with Gasteiger partial charge in [-0.15, -0.1) is 11.3 Å². The number of thiophene rings is 1. The number of hydrogen-bond acceptors (Lipinski definition) is 3. The van der Waals surface area contributed by atoms with Crippen LogP contribution in [-0.4, -0.2) is 17.5 Å². The molecule has 2 unspecified atom stereocenters. The van der Waals surface area contributed by atoms with Gasteiger partial charge in [-0.05, 0) is 29.2 Å². The van der Waals surface area contributed by atoms with Gasteiger partial charge >= 0.3 is 0 Å². The summed E-state index contributed by atoms with van der Waals surface area (Å²) in [4.78, 5) is 1.41. The van der Waals surface area contributed by atoms with E-state index in [4.69, 9.17) is 0 Å². The van der Waals surface area contributed by atoms with Crippen LogP contribution < -0.4 is 5.32 Å². The van der Waals surface area contributed by atoms with Crippen molar-refractivity contribution in [3.63, 3.8) is 0 Å². The molecule has 18 heavy (non-hydrogen) atoms. The Morgan fingerprint density at radius 1 is 1.11 bits per heavy atom. The monoisotopic (exact) mass is 275 g/mol. The standard InChI is InChI=1S/C15H17NS2/c1-2-5-12(6-3-1)15(14-7-4-9-18-14)16-13-8-10-17-11-13/h1-7,9,13,15-16H,8,10-11H2. The molecular weight excluding hydrogens is 258 g/mol. The van der Waals surface area contributed by atoms with Crippen molar-refractivity contribution in [1.29, 1.82) is 0 Å². The Morgan fingerprint density at radius 3 is 2.67 bits per heavy atom. The topological polar surface area (TPSA) is 12.0 Å². The molecule has 0 amide bonds. The molecule has 1 aromatic heterocycles. The van der Waals surface area contributed by atoms with Crippen molar-refractivity contribution in [1.82, 2.24) is 5.32 Å². The van der Waals surface area contributed by atoms with Gasteiger partial charge in [0, 0.05) is 16.7 Å². The molecule has 0 radical (unpaired) electrons. The van der Waals surface area contributed by atoms with E-state index in [0.29, 0.717) is 12.1 Å². The first kappa shape index (κ1) is 12.3. The quantitative estimate of drug-likeness (QED) is 0.907. The molecule has 0 saturated carbocycles. The minimum Gasteiger partial charge on any atom is -0.302 e. The van der Waals surface area contributed by atoms with Gasteiger partial charge in [0.1, 0.15) is 0 Å². The summed E-state index contributed by atoms with van der Waals surface area (Å²) in [5.41, 5.74) is 1.37. The third-order valence-corrected chi connectivity index (χ3v) is 5.39. The highest BCUT2D eigenvalue weighted by Gasteiger charge is 2.22. The van der Waals surface area contributed by atoms with Gasteiger partial charge in [0.05, 0.1) is 6.04 Å². The molecule has 2 atom stereocenters. The van der Waals surface area contributed by atoms with Crippen molar-refractivity contribution < 1.29 is 0 Å². The lowest BCUT2D eigenvalue weighted by Crippen LogP contribution is -2.32. The molecule has 1 saturated heterocycles. The third-order valence-electron chi connectivity index (χ3n) is 3.29. The molecule has 0 spiro atoms. The Kier molecular flexibility index (Phi) is 4.03. The first-order valence-electron chi connectivity index (χ1n) is 6.35. The van der Waals surface area contributed by atoms with E-state index in [1.807, 2.05) is 11.3 Å². The molecule has 3 rings (SSSR count). The van der Waals surface area contributed by atoms with Crippen molar-refractivity contribution in [3.05, 3.63) is 58.3 Å². The number of hydrogen-bond donors (Lipinski definition) is 1. The van der Waals surface area contributed by atoms with E-state index >= 15 is 0 Å². The molecule has 0 bridgehead atoms. The molecule has 1 aromatic carbocycles. The minimum absolute atomic E-state index is 0.356. The smallest absolute Gasteiger partial charge is 0.0673 e. The lowest BCUT2D eigenvalue weighted by atomic mass is 10.0. The molecule has 2 aromatic rings. The van der Waals surface area contributed by atoms with Gasteiger partial charge < -0.3 is 5.32 Å². The van der Waals surface area contributed by atoms with Crippen LogP contribution in [0.5, 0.6) is 0 Å². The fraction of sp³-hybridized carbons (Fsp3) is 0.333. The van der Waals surface area contributed by atoms with Gasteiger partial charge in [-0.2, -0.15) is 11.8 Å². The fourth-order valence-corrected chi connectivity index (χ4v) is 4.32. The highest BCUT2D eigenvalue weighted by molar-refractivity contribution is 7.99. The lowest BCUT2D eigenvalue weighted by Gasteiger charge is -2.22. The summed E-state index contributed by atoms with van der Waals surface area (Å²) in [5.74, 6) is 2.54. The first-order chi connectivity index (χ1) is 8.93. The maximum atomic E-state index is 3.82. The van der Waals surface area contributed by atoms with Crippen LogP contribution in [0.3, 0.4) is 0 Å². The Hall–Kier alpha value is -0.770. The zero-order chi connectivity index (χ0) is 12.2. The van der Waals surface area contributed by atoms with Gasteiger partial charge in [-0.25, -0.2) is 0 Å². The van der Waals surface area contributed by atoms with E-state index in [1.54, 1.807) is 0 Å². The Bertz CT molecular complexity index is 461. The molecule has 1 nitrogen and oxygen atoms in total. The van der Waals surface area contributed by atoms with E-state index in [1.165, 1.54) is 28.4 Å². The third kappa shape index (κ3) is 2.79. The van der Waals surface area contributed by atoms with Crippen LogP contribution in [0.2, 0.25) is 0 Å². The summed E-state index contributed by atoms with van der Waals surface area (Å²) >= 11 is 3.90. The second kappa shape index (κ2) is 5.91. The molecule has 2 heterocycles. The normalized spacial score (nSPS) is 21.0. The molecule has 1 N–H and O–H groups in total. The molecule has 0 aliphatic carbocycles. The zero-order valence-corrected chi connectivity index (χ0v) is 11.8. The molecule has 1 fully saturated rings. The minimum atomic E-state index is 0.356. The van der Waals surface area contributed by atoms with Crippen LogP contribution in [0.15, 0.2) is 47.8 Å². The maximum Gasteiger partial charge on any atom is 0.0673 e. The van der Waals surface area contributed by atoms with Gasteiger partial charge in [-0.3, -0.25) is 0 Å². The Balaban J connectivity index is 1.84. The Labute approximate surface area is 117 Å². The van der Waals surface area contributed by atoms with E-state index in [9.17, 15) is 0 Å². The molecule has 1 aliphatic rings. The van der Waals surface area contributed by atoms with E-state index in [2.05, 4.69) is 64.9 Å². The highest BCUT2D eigenvalue weighted by atomic mass is 32.2. The van der Waals surface area contributed by atoms with Crippen molar-refractivity contribution in [2.24, 2.45) is 0 Å². The summed E-state index contributed by atoms with van der Waals surface area (Å²) in [6, 6.07) is 16.2. The van der Waals surface area contributed by atoms with Gasteiger partial charge in [0.25, 0.3) is 0 Å². The van der Waals surface area contributed by atoms with Crippen LogP contribution in [0, 0.1) is 0 Å². The number of benzene rings is 1. The van der Waals surface area contributed by atoms with E-state index < -0.39 is 0 Å². The van der Waals surface area contributed by atoms with E-state index in [0.717, 1.165) is 0 Å². The number of rotatable bonds is 4. The van der Waals surface area contributed by atoms with Crippen LogP contribution in [0.25, 0.3) is 0 Å². The molecule has 94 valence electrons. The predicted molar refractivity (Wildman–Crippen MR) is 81.5 cm³/mol. The lowest BCUT2D eigenvalue weighted by molar-refractivity contribution is 0.510. The summed E-state index contributed by atoms with van der Waals surface area (Å²) in [7, 11) is 0. The van der Waals surface area contributed by atoms with Crippen LogP contribution in [-0.2, 0) is 0 Å². The van der Waals surface area contributed by atoms with Gasteiger partial charge in [0.15, 0.2) is 0 Å². The highest BCUT2D eigenvalue weighted by Crippen LogP contribution is 2.28. The predicted octanol–water partition coefficient (Wildman–Crippen LogP) is 3.93. The molecule has 3 heteroatoms. The fourth-order valence-electron chi connectivity index (χ4n) is 2.35. The van der Waals surface area contributed by atoms with Crippen LogP contribution >= 0.6 is 23.1 Å². The summed E-state index contributed by atoms with van der Waals surface area (Å²) in [5, 5.41) is 5.99. The summed E-state index contributed by atoms with van der Waals surface area (Å²) < 4.78 is 0. The SMILES string of the molecule is c1ccc(C(NC2CCSC2)c2cccs2)cc1. The van der Waals surface area contributed by atoms with Crippen LogP contribution in [0.1, 0.15) is 22.9 Å². The van der Waals surface area contributed by atoms with Crippen molar-refractivity contribution in [2.75, 3.05) is 11.5 Å². The second-order valence-corrected chi connectivity index (χ2v) is 6.72. The average Bonchev–Trinajstić information content (AvgIpc) is 3.10. The molecule has 1 aliphatic heterocycles. The van der Waals surface area contributed by atoms with Gasteiger partial charge in [0.2, 0.25) is 0 Å². The number of nitrogens with one attached hydrogen (secondary N) is 1. The first-order valence-corrected chi connectivity index (χ1v) is 8.39. The largest absolute Gasteiger partial charge is 0.302 e. The Morgan fingerprint density at radius 2 is 2.00 bits per heavy atom. The van der Waals surface area contributed by atoms with Crippen molar-refractivity contribution in [2.45, 2.75) is 18.5 Å². The van der Waals surface area contributed by atoms with E-state index in [-0.39, 0.29) is 0 Å². The molecular formula is C15H17NS2. The second-order valence-electron chi connectivity index (χ2n) is 4.59. The maximum absolute atomic E-state index is 3.82. The summed E-state index contributed by atoms with van der Waals surface area (Å²) in [6.07, 6.45) is 1.29. The summed E-state index contributed by atoms with van der Waals surface area (Å²) in [6.45, 7) is 0. The van der Waals surface area contributed by atoms with Crippen molar-refractivity contribution >= 4 is 23.1 Å². The van der Waals surface area contributed by atoms with Gasteiger partial charge in [-0.1, -0.05) is 36.4 Å². The average molecular weight is 275 g/mol. The number of thioether (sulfide) groups is 1. The van der Waals surface area contributed by atoms with Crippen LogP contribution in [0.4, 0.5) is 0 Å².